The second-order valence-electron chi connectivity index (χ2n) is 3.24. The molecule has 0 atom stereocenters. The van der Waals surface area contributed by atoms with Crippen LogP contribution in [-0.4, -0.2) is 24.1 Å². The van der Waals surface area contributed by atoms with Gasteiger partial charge in [0.05, 0.1) is 18.8 Å². The summed E-state index contributed by atoms with van der Waals surface area (Å²) in [5.41, 5.74) is 2.05. The van der Waals surface area contributed by atoms with E-state index in [9.17, 15) is 4.79 Å². The van der Waals surface area contributed by atoms with E-state index in [2.05, 4.69) is 10.3 Å². The highest BCUT2D eigenvalue weighted by Crippen LogP contribution is 1.97. The number of ether oxygens (including phenoxy) is 1. The normalized spacial score (nSPS) is 10.0. The molecule has 0 aliphatic heterocycles. The van der Waals surface area contributed by atoms with E-state index in [1.165, 1.54) is 0 Å². The zero-order valence-corrected chi connectivity index (χ0v) is 9.12. The number of nitrogens with zero attached hydrogens (tertiary/aromatic N) is 1. The summed E-state index contributed by atoms with van der Waals surface area (Å²) in [6.45, 7) is 5.01. The van der Waals surface area contributed by atoms with Crippen molar-refractivity contribution in [1.29, 1.82) is 0 Å². The second kappa shape index (κ2) is 6.14. The van der Waals surface area contributed by atoms with Crippen molar-refractivity contribution in [3.05, 3.63) is 29.6 Å². The van der Waals surface area contributed by atoms with E-state index in [1.54, 1.807) is 13.1 Å². The number of pyridine rings is 1. The Bertz CT molecular complexity index is 309. The third-order valence-electron chi connectivity index (χ3n) is 1.85. The third kappa shape index (κ3) is 4.56. The second-order valence-corrected chi connectivity index (χ2v) is 3.24. The lowest BCUT2D eigenvalue weighted by molar-refractivity contribution is -0.142. The smallest absolute Gasteiger partial charge is 0.319 e. The minimum Gasteiger partial charge on any atom is -0.465 e. The van der Waals surface area contributed by atoms with Crippen LogP contribution in [0, 0.1) is 6.92 Å². The van der Waals surface area contributed by atoms with Gasteiger partial charge in [-0.15, -0.1) is 0 Å². The molecule has 0 saturated carbocycles. The van der Waals surface area contributed by atoms with Crippen LogP contribution in [0.5, 0.6) is 0 Å². The summed E-state index contributed by atoms with van der Waals surface area (Å²) in [5.74, 6) is -0.232. The molecule has 1 rings (SSSR count). The van der Waals surface area contributed by atoms with E-state index in [1.807, 2.05) is 19.1 Å². The number of hydrogen-bond acceptors (Lipinski definition) is 4. The fourth-order valence-electron chi connectivity index (χ4n) is 1.11. The number of carbonyl (C=O) groups excluding carboxylic acids is 1. The van der Waals surface area contributed by atoms with Gasteiger partial charge in [-0.05, 0) is 25.5 Å². The van der Waals surface area contributed by atoms with Crippen LogP contribution in [0.2, 0.25) is 0 Å². The average Bonchev–Trinajstić information content (AvgIpc) is 2.21. The van der Waals surface area contributed by atoms with E-state index in [0.29, 0.717) is 13.2 Å². The van der Waals surface area contributed by atoms with E-state index < -0.39 is 0 Å². The van der Waals surface area contributed by atoms with E-state index >= 15 is 0 Å². The lowest BCUT2D eigenvalue weighted by Crippen LogP contribution is -2.24. The molecule has 82 valence electrons. The first kappa shape index (κ1) is 11.7. The molecular weight excluding hydrogens is 192 g/mol. The van der Waals surface area contributed by atoms with Crippen molar-refractivity contribution in [2.24, 2.45) is 0 Å². The molecule has 1 heterocycles. The van der Waals surface area contributed by atoms with Crippen molar-refractivity contribution >= 4 is 5.97 Å². The Morgan fingerprint density at radius 2 is 2.33 bits per heavy atom. The summed E-state index contributed by atoms with van der Waals surface area (Å²) >= 11 is 0. The van der Waals surface area contributed by atoms with Crippen LogP contribution < -0.4 is 5.32 Å². The number of rotatable bonds is 5. The highest BCUT2D eigenvalue weighted by atomic mass is 16.5. The van der Waals surface area contributed by atoms with Crippen LogP contribution in [0.1, 0.15) is 18.2 Å². The Hall–Kier alpha value is -1.42. The molecule has 4 heteroatoms. The van der Waals surface area contributed by atoms with Gasteiger partial charge in [-0.1, -0.05) is 6.07 Å². The minimum absolute atomic E-state index is 0.226. The highest BCUT2D eigenvalue weighted by Gasteiger charge is 2.00. The van der Waals surface area contributed by atoms with E-state index in [-0.39, 0.29) is 12.5 Å². The quantitative estimate of drug-likeness (QED) is 0.735. The van der Waals surface area contributed by atoms with Crippen molar-refractivity contribution in [3.63, 3.8) is 0 Å². The first-order valence-corrected chi connectivity index (χ1v) is 5.00. The molecule has 0 unspecified atom stereocenters. The predicted octanol–water partition coefficient (Wildman–Crippen LogP) is 1.04. The maximum atomic E-state index is 11.0. The molecule has 0 aliphatic carbocycles. The summed E-state index contributed by atoms with van der Waals surface area (Å²) in [5, 5.41) is 2.97. The van der Waals surface area contributed by atoms with Crippen molar-refractivity contribution in [3.8, 4) is 0 Å². The largest absolute Gasteiger partial charge is 0.465 e. The summed E-state index contributed by atoms with van der Waals surface area (Å²) in [4.78, 5) is 15.2. The van der Waals surface area contributed by atoms with Crippen LogP contribution >= 0.6 is 0 Å². The lowest BCUT2D eigenvalue weighted by Gasteiger charge is -2.04. The number of hydrogen-bond donors (Lipinski definition) is 1. The summed E-state index contributed by atoms with van der Waals surface area (Å²) in [6.07, 6.45) is 1.81. The monoisotopic (exact) mass is 208 g/mol. The Morgan fingerprint density at radius 1 is 1.53 bits per heavy atom. The van der Waals surface area contributed by atoms with Crippen LogP contribution in [0.4, 0.5) is 0 Å². The van der Waals surface area contributed by atoms with Crippen molar-refractivity contribution < 1.29 is 9.53 Å². The first-order chi connectivity index (χ1) is 7.22. The van der Waals surface area contributed by atoms with Crippen molar-refractivity contribution in [2.45, 2.75) is 20.4 Å². The van der Waals surface area contributed by atoms with Gasteiger partial charge in [-0.25, -0.2) is 0 Å². The molecular formula is C11H16N2O2. The van der Waals surface area contributed by atoms with Gasteiger partial charge in [-0.3, -0.25) is 9.78 Å². The molecule has 4 nitrogen and oxygen atoms in total. The number of nitrogens with one attached hydrogen (secondary N) is 1. The fraction of sp³-hybridized carbons (Fsp3) is 0.455. The van der Waals surface area contributed by atoms with Gasteiger partial charge in [0.15, 0.2) is 0 Å². The van der Waals surface area contributed by atoms with Gasteiger partial charge in [-0.2, -0.15) is 0 Å². The molecule has 1 aromatic heterocycles. The zero-order chi connectivity index (χ0) is 11.1. The molecule has 0 radical (unpaired) electrons. The van der Waals surface area contributed by atoms with Gasteiger partial charge in [0.25, 0.3) is 0 Å². The number of aryl methyl sites for hydroxylation is 1. The molecule has 0 amide bonds. The first-order valence-electron chi connectivity index (χ1n) is 5.00. The van der Waals surface area contributed by atoms with Crippen molar-refractivity contribution in [2.75, 3.05) is 13.2 Å². The number of carbonyl (C=O) groups is 1. The number of aromatic nitrogens is 1. The maximum Gasteiger partial charge on any atom is 0.319 e. The van der Waals surface area contributed by atoms with Gasteiger partial charge >= 0.3 is 5.97 Å². The molecule has 1 aromatic rings. The minimum atomic E-state index is -0.232. The lowest BCUT2D eigenvalue weighted by atomic mass is 10.3. The SMILES string of the molecule is CCOC(=O)CNCc1ccc(C)cn1. The molecule has 0 aliphatic rings. The fourth-order valence-corrected chi connectivity index (χ4v) is 1.11. The van der Waals surface area contributed by atoms with Gasteiger partial charge in [0.2, 0.25) is 0 Å². The van der Waals surface area contributed by atoms with Crippen LogP contribution in [-0.2, 0) is 16.1 Å². The standard InChI is InChI=1S/C11H16N2O2/c1-3-15-11(14)8-12-7-10-5-4-9(2)6-13-10/h4-6,12H,3,7-8H2,1-2H3. The van der Waals surface area contributed by atoms with E-state index in [0.717, 1.165) is 11.3 Å². The zero-order valence-electron chi connectivity index (χ0n) is 9.12. The molecule has 1 N–H and O–H groups in total. The molecule has 0 bridgehead atoms. The summed E-state index contributed by atoms with van der Waals surface area (Å²) in [7, 11) is 0. The van der Waals surface area contributed by atoms with Gasteiger partial charge in [0, 0.05) is 12.7 Å². The maximum absolute atomic E-state index is 11.0. The van der Waals surface area contributed by atoms with Crippen molar-refractivity contribution in [1.82, 2.24) is 10.3 Å². The molecule has 0 aromatic carbocycles. The highest BCUT2D eigenvalue weighted by molar-refractivity contribution is 5.71. The van der Waals surface area contributed by atoms with Crippen LogP contribution in [0.25, 0.3) is 0 Å². The molecule has 0 spiro atoms. The Balaban J connectivity index is 2.26. The Kier molecular flexibility index (Phi) is 4.77. The average molecular weight is 208 g/mol. The van der Waals surface area contributed by atoms with Gasteiger partial charge < -0.3 is 10.1 Å². The molecule has 0 saturated heterocycles. The Morgan fingerprint density at radius 3 is 2.93 bits per heavy atom. The Labute approximate surface area is 89.7 Å². The van der Waals surface area contributed by atoms with Gasteiger partial charge in [0.1, 0.15) is 0 Å². The van der Waals surface area contributed by atoms with E-state index in [4.69, 9.17) is 4.74 Å². The number of esters is 1. The molecule has 15 heavy (non-hydrogen) atoms. The summed E-state index contributed by atoms with van der Waals surface area (Å²) < 4.78 is 4.78. The van der Waals surface area contributed by atoms with Crippen LogP contribution in [0.3, 0.4) is 0 Å². The molecule has 0 fully saturated rings. The summed E-state index contributed by atoms with van der Waals surface area (Å²) in [6, 6.07) is 3.93. The predicted molar refractivity (Wildman–Crippen MR) is 57.3 cm³/mol. The third-order valence-corrected chi connectivity index (χ3v) is 1.85. The van der Waals surface area contributed by atoms with Crippen LogP contribution in [0.15, 0.2) is 18.3 Å². The topological polar surface area (TPSA) is 51.2 Å².